The Kier molecular flexibility index (Phi) is 4.17. The van der Waals surface area contributed by atoms with Crippen molar-refractivity contribution < 1.29 is 23.4 Å². The number of hydrogen-bond acceptors (Lipinski definition) is 4. The zero-order chi connectivity index (χ0) is 20.2. The zero-order valence-electron chi connectivity index (χ0n) is 15.1. The number of H-pyrrole nitrogens is 1. The number of aromatic carboxylic acids is 1. The second-order valence-corrected chi connectivity index (χ2v) is 7.06. The highest BCUT2D eigenvalue weighted by Crippen LogP contribution is 2.43. The zero-order valence-corrected chi connectivity index (χ0v) is 15.1. The molecule has 0 aliphatic heterocycles. The number of carboxylic acid groups (broad SMARTS) is 1. The molecule has 28 heavy (non-hydrogen) atoms. The molecule has 4 rings (SSSR count). The monoisotopic (exact) mass is 389 g/mol. The number of pyridine rings is 2. The molecule has 3 aromatic heterocycles. The highest BCUT2D eigenvalue weighted by Gasteiger charge is 2.33. The van der Waals surface area contributed by atoms with E-state index in [4.69, 9.17) is 0 Å². The van der Waals surface area contributed by atoms with Crippen molar-refractivity contribution in [1.29, 1.82) is 0 Å². The van der Waals surface area contributed by atoms with E-state index in [0.29, 0.717) is 23.4 Å². The predicted molar refractivity (Wildman–Crippen MR) is 96.1 cm³/mol. The van der Waals surface area contributed by atoms with Crippen LogP contribution < -0.4 is 10.3 Å². The van der Waals surface area contributed by atoms with Crippen molar-refractivity contribution in [1.82, 2.24) is 14.4 Å². The fourth-order valence-corrected chi connectivity index (χ4v) is 3.78. The third-order valence-electron chi connectivity index (χ3n) is 5.05. The van der Waals surface area contributed by atoms with Crippen LogP contribution in [0.25, 0.3) is 17.0 Å². The molecule has 0 amide bonds. The summed E-state index contributed by atoms with van der Waals surface area (Å²) in [6.07, 6.45) is 2.20. The molecule has 0 radical (unpaired) electrons. The largest absolute Gasteiger partial charge is 0.477 e. The average molecular weight is 389 g/mol. The van der Waals surface area contributed by atoms with Crippen LogP contribution in [-0.4, -0.2) is 32.1 Å². The molecule has 7 nitrogen and oxygen atoms in total. The number of nitrogens with zero attached hydrogens (tertiary/aromatic N) is 2. The predicted octanol–water partition coefficient (Wildman–Crippen LogP) is 3.28. The van der Waals surface area contributed by atoms with Gasteiger partial charge in [-0.2, -0.15) is 8.78 Å². The van der Waals surface area contributed by atoms with Gasteiger partial charge in [0.05, 0.1) is 11.4 Å². The van der Waals surface area contributed by atoms with E-state index in [1.54, 1.807) is 16.7 Å². The van der Waals surface area contributed by atoms with Gasteiger partial charge in [-0.15, -0.1) is 0 Å². The summed E-state index contributed by atoms with van der Waals surface area (Å²) >= 11 is 0. The smallest absolute Gasteiger partial charge is 0.387 e. The van der Waals surface area contributed by atoms with Crippen LogP contribution in [0.3, 0.4) is 0 Å². The van der Waals surface area contributed by atoms with Gasteiger partial charge in [-0.05, 0) is 36.1 Å². The fourth-order valence-electron chi connectivity index (χ4n) is 3.78. The lowest BCUT2D eigenvalue weighted by Gasteiger charge is -2.27. The second kappa shape index (κ2) is 6.43. The molecule has 0 aromatic carbocycles. The fraction of sp³-hybridized carbons (Fsp3) is 0.316. The van der Waals surface area contributed by atoms with E-state index in [0.717, 1.165) is 5.69 Å². The number of ether oxygens (including phenoxy) is 1. The van der Waals surface area contributed by atoms with Crippen LogP contribution >= 0.6 is 0 Å². The highest BCUT2D eigenvalue weighted by atomic mass is 19.3. The van der Waals surface area contributed by atoms with E-state index in [-0.39, 0.29) is 28.8 Å². The molecular formula is C19H17F2N3O4. The summed E-state index contributed by atoms with van der Waals surface area (Å²) in [5.74, 6) is -1.27. The molecule has 0 saturated carbocycles. The lowest BCUT2D eigenvalue weighted by Crippen LogP contribution is -2.24. The molecule has 0 fully saturated rings. The third kappa shape index (κ3) is 2.74. The maximum absolute atomic E-state index is 12.8. The molecule has 0 bridgehead atoms. The van der Waals surface area contributed by atoms with Gasteiger partial charge in [-0.25, -0.2) is 9.78 Å². The first-order valence-corrected chi connectivity index (χ1v) is 8.73. The molecule has 9 heteroatoms. The number of fused-ring (bicyclic) bond motifs is 5. The van der Waals surface area contributed by atoms with E-state index >= 15 is 0 Å². The SMILES string of the molecule is CC(C)[C@@H]1Cc2cc(C(=O)O)c(=O)[nH]c2-c2nc3c(OC(F)F)cccn3c21. The van der Waals surface area contributed by atoms with Crippen LogP contribution in [0.4, 0.5) is 8.78 Å². The number of imidazole rings is 1. The Morgan fingerprint density at radius 2 is 2.18 bits per heavy atom. The number of nitrogens with one attached hydrogen (secondary N) is 1. The molecule has 0 saturated heterocycles. The van der Waals surface area contributed by atoms with Crippen molar-refractivity contribution in [3.63, 3.8) is 0 Å². The Hall–Kier alpha value is -3.23. The minimum atomic E-state index is -2.99. The quantitative estimate of drug-likeness (QED) is 0.714. The van der Waals surface area contributed by atoms with E-state index in [1.165, 1.54) is 12.1 Å². The first-order chi connectivity index (χ1) is 13.3. The Bertz CT molecular complexity index is 1150. The van der Waals surface area contributed by atoms with Crippen molar-refractivity contribution >= 4 is 11.6 Å². The van der Waals surface area contributed by atoms with Crippen molar-refractivity contribution in [2.24, 2.45) is 5.92 Å². The Labute approximate surface area is 157 Å². The summed E-state index contributed by atoms with van der Waals surface area (Å²) in [4.78, 5) is 30.6. The van der Waals surface area contributed by atoms with Gasteiger partial charge in [0.15, 0.2) is 11.4 Å². The number of alkyl halides is 2. The summed E-state index contributed by atoms with van der Waals surface area (Å²) in [6, 6.07) is 4.37. The first kappa shape index (κ1) is 18.1. The molecule has 0 spiro atoms. The Morgan fingerprint density at radius 1 is 1.43 bits per heavy atom. The van der Waals surface area contributed by atoms with Crippen LogP contribution in [-0.2, 0) is 6.42 Å². The number of halogens is 2. The van der Waals surface area contributed by atoms with E-state index < -0.39 is 18.1 Å². The summed E-state index contributed by atoms with van der Waals surface area (Å²) in [5.41, 5.74) is 1.43. The molecule has 1 aliphatic carbocycles. The number of rotatable bonds is 4. The maximum Gasteiger partial charge on any atom is 0.387 e. The van der Waals surface area contributed by atoms with Crippen molar-refractivity contribution in [3.8, 4) is 17.1 Å². The summed E-state index contributed by atoms with van der Waals surface area (Å²) in [7, 11) is 0. The number of carboxylic acids is 1. The minimum Gasteiger partial charge on any atom is -0.477 e. The van der Waals surface area contributed by atoms with Gasteiger partial charge in [0.25, 0.3) is 5.56 Å². The molecule has 3 heterocycles. The van der Waals surface area contributed by atoms with Crippen LogP contribution in [0.2, 0.25) is 0 Å². The minimum absolute atomic E-state index is 0.0492. The second-order valence-electron chi connectivity index (χ2n) is 7.06. The van der Waals surface area contributed by atoms with E-state index in [9.17, 15) is 23.5 Å². The molecule has 2 N–H and O–H groups in total. The van der Waals surface area contributed by atoms with Crippen LogP contribution in [0.1, 0.15) is 41.4 Å². The topological polar surface area (TPSA) is 96.7 Å². The lowest BCUT2D eigenvalue weighted by molar-refractivity contribution is -0.0491. The summed E-state index contributed by atoms with van der Waals surface area (Å²) in [5, 5.41) is 9.24. The molecule has 1 atom stereocenters. The van der Waals surface area contributed by atoms with E-state index in [1.807, 2.05) is 13.8 Å². The highest BCUT2D eigenvalue weighted by molar-refractivity contribution is 5.88. The normalized spacial score (nSPS) is 15.7. The van der Waals surface area contributed by atoms with Crippen molar-refractivity contribution in [2.45, 2.75) is 32.8 Å². The number of carbonyl (C=O) groups is 1. The number of aromatic nitrogens is 3. The Morgan fingerprint density at radius 3 is 2.82 bits per heavy atom. The van der Waals surface area contributed by atoms with Crippen LogP contribution in [0, 0.1) is 5.92 Å². The molecule has 0 unspecified atom stereocenters. The molecule has 146 valence electrons. The van der Waals surface area contributed by atoms with Crippen LogP contribution in [0.5, 0.6) is 5.75 Å². The lowest BCUT2D eigenvalue weighted by atomic mass is 9.80. The molecular weight excluding hydrogens is 372 g/mol. The van der Waals surface area contributed by atoms with Gasteiger partial charge >= 0.3 is 12.6 Å². The first-order valence-electron chi connectivity index (χ1n) is 8.73. The van der Waals surface area contributed by atoms with Gasteiger partial charge in [0, 0.05) is 12.1 Å². The summed E-state index contributed by atoms with van der Waals surface area (Å²) in [6.45, 7) is 1.04. The summed E-state index contributed by atoms with van der Waals surface area (Å²) < 4.78 is 31.9. The van der Waals surface area contributed by atoms with Gasteiger partial charge in [-0.3, -0.25) is 9.20 Å². The average Bonchev–Trinajstić information content (AvgIpc) is 3.01. The van der Waals surface area contributed by atoms with Gasteiger partial charge in [0.1, 0.15) is 11.3 Å². The number of hydrogen-bond donors (Lipinski definition) is 2. The van der Waals surface area contributed by atoms with Gasteiger partial charge in [0.2, 0.25) is 0 Å². The Balaban J connectivity index is 2.02. The third-order valence-corrected chi connectivity index (χ3v) is 5.05. The maximum atomic E-state index is 12.8. The van der Waals surface area contributed by atoms with Gasteiger partial charge < -0.3 is 14.8 Å². The van der Waals surface area contributed by atoms with Crippen LogP contribution in [0.15, 0.2) is 29.2 Å². The number of aromatic amines is 1. The van der Waals surface area contributed by atoms with Gasteiger partial charge in [-0.1, -0.05) is 13.8 Å². The van der Waals surface area contributed by atoms with Crippen molar-refractivity contribution in [3.05, 3.63) is 51.6 Å². The van der Waals surface area contributed by atoms with Crippen molar-refractivity contribution in [2.75, 3.05) is 0 Å². The van der Waals surface area contributed by atoms with E-state index in [2.05, 4.69) is 14.7 Å². The molecule has 3 aromatic rings. The standard InChI is InChI=1S/C19H17F2N3O4/c1-8(2)10-6-9-7-11(18(26)27)17(25)23-13(9)14-15(10)24-5-3-4-12(16(24)22-14)28-19(20)21/h3-5,7-8,10,19H,6H2,1-2H3,(H,23,25)(H,26,27)/t10-/m0/s1. The molecule has 1 aliphatic rings.